The second-order valence-electron chi connectivity index (χ2n) is 28.7. The monoisotopic (exact) mass is 1050 g/mol. The van der Waals surface area contributed by atoms with E-state index in [2.05, 4.69) is 90.0 Å². The van der Waals surface area contributed by atoms with Crippen LogP contribution >= 0.6 is 0 Å². The van der Waals surface area contributed by atoms with Gasteiger partial charge < -0.3 is 37.9 Å². The molecule has 4 aliphatic heterocycles. The Kier molecular flexibility index (Phi) is 17.3. The van der Waals surface area contributed by atoms with Gasteiger partial charge in [-0.25, -0.2) is 0 Å². The van der Waals surface area contributed by atoms with Crippen LogP contribution in [-0.4, -0.2) is 94.6 Å². The van der Waals surface area contributed by atoms with Gasteiger partial charge in [0.05, 0.1) is 83.4 Å². The molecule has 0 aromatic heterocycles. The predicted octanol–water partition coefficient (Wildman–Crippen LogP) is 16.8. The smallest absolute Gasteiger partial charge is 0.103 e. The molecule has 10 aliphatic rings. The normalized spacial score (nSPS) is 51.2. The highest BCUT2D eigenvalue weighted by molar-refractivity contribution is 5.28. The largest absolute Gasteiger partial charge is 0.371 e. The van der Waals surface area contributed by atoms with Crippen molar-refractivity contribution in [3.63, 3.8) is 0 Å². The SMILES string of the molecule is CCC1(CC)OC2CCC3OC4CCCC5C(CCC4OC3CCC(C2)OC(CC)(CC)C2CCCCC34OC6CCCC7CC(CCC6OC3(CCCC21)C4C)OC(C)(CC)C(C)(CC)O7)C(C)(CC)C5(C)CC. The summed E-state index contributed by atoms with van der Waals surface area (Å²) in [5.74, 6) is 2.88. The fourth-order valence-electron chi connectivity index (χ4n) is 20.7. The highest BCUT2D eigenvalue weighted by Crippen LogP contribution is 2.71. The molecule has 432 valence electrons. The molecule has 4 bridgehead atoms. The summed E-state index contributed by atoms with van der Waals surface area (Å²) in [5.41, 5.74) is -0.547. The van der Waals surface area contributed by atoms with Crippen LogP contribution in [0.5, 0.6) is 0 Å². The van der Waals surface area contributed by atoms with Crippen LogP contribution < -0.4 is 0 Å². The second-order valence-corrected chi connectivity index (χ2v) is 28.7. The Labute approximate surface area is 460 Å². The van der Waals surface area contributed by atoms with E-state index >= 15 is 0 Å². The number of fused-ring (bicyclic) bond motifs is 9. The minimum atomic E-state index is -0.306. The first-order valence-corrected chi connectivity index (χ1v) is 33.3. The van der Waals surface area contributed by atoms with Gasteiger partial charge >= 0.3 is 0 Å². The maximum Gasteiger partial charge on any atom is 0.103 e. The third-order valence-electron chi connectivity index (χ3n) is 26.5. The molecule has 10 fully saturated rings. The van der Waals surface area contributed by atoms with E-state index in [0.29, 0.717) is 28.6 Å². The van der Waals surface area contributed by atoms with Gasteiger partial charge in [0, 0.05) is 5.92 Å². The fourth-order valence-corrected chi connectivity index (χ4v) is 20.7. The van der Waals surface area contributed by atoms with E-state index in [1.54, 1.807) is 0 Å². The average Bonchev–Trinajstić information content (AvgIpc) is 4.04. The van der Waals surface area contributed by atoms with Crippen molar-refractivity contribution in [2.24, 2.45) is 40.4 Å². The zero-order valence-electron chi connectivity index (χ0n) is 50.8. The summed E-state index contributed by atoms with van der Waals surface area (Å²) in [4.78, 5) is 0. The summed E-state index contributed by atoms with van der Waals surface area (Å²) in [6, 6.07) is 0. The van der Waals surface area contributed by atoms with Crippen LogP contribution in [-0.2, 0) is 37.9 Å². The lowest BCUT2D eigenvalue weighted by Crippen LogP contribution is -2.62. The highest BCUT2D eigenvalue weighted by Gasteiger charge is 2.79. The summed E-state index contributed by atoms with van der Waals surface area (Å²) in [6.07, 6.45) is 35.8. The molecule has 0 radical (unpaired) electrons. The lowest BCUT2D eigenvalue weighted by atomic mass is 9.36. The van der Waals surface area contributed by atoms with Crippen molar-refractivity contribution in [3.8, 4) is 0 Å². The maximum absolute atomic E-state index is 8.01. The predicted molar refractivity (Wildman–Crippen MR) is 302 cm³/mol. The number of rotatable bonds is 8. The molecule has 21 atom stereocenters. The molecule has 0 amide bonds. The van der Waals surface area contributed by atoms with Crippen LogP contribution in [0.3, 0.4) is 0 Å². The summed E-state index contributed by atoms with van der Waals surface area (Å²) in [5, 5.41) is 0. The van der Waals surface area contributed by atoms with Gasteiger partial charge in [0.25, 0.3) is 0 Å². The first-order valence-electron chi connectivity index (χ1n) is 33.3. The van der Waals surface area contributed by atoms with Crippen molar-refractivity contribution >= 4 is 0 Å². The summed E-state index contributed by atoms with van der Waals surface area (Å²) < 4.78 is 60.7. The molecule has 4 heterocycles. The topological polar surface area (TPSA) is 73.8 Å². The van der Waals surface area contributed by atoms with Gasteiger partial charge in [-0.1, -0.05) is 102 Å². The standard InChI is InChI=1S/C67H116O8/c1-14-60(10)50-29-25-31-54-57(40-36-51(50)61(60,11)15-2)69-56-38-34-48-44-49(33-37-55(56)68-54)73-65(20-7,21-8)53-30-26-42-67-45(9)66(67,41-23-22-28-52(53)64(18-5,19-6)72-48)74-58-32-24-27-46-43-47(35-39-59(58)75-67)71-63(13,17-4)62(12,16-3)70-46/h45-59H,14-44H2,1-13H3. The Morgan fingerprint density at radius 3 is 1.21 bits per heavy atom. The van der Waals surface area contributed by atoms with Crippen LogP contribution in [0.1, 0.15) is 289 Å². The van der Waals surface area contributed by atoms with E-state index in [0.717, 1.165) is 160 Å². The molecule has 0 N–H and O–H groups in total. The second kappa shape index (κ2) is 22.4. The maximum atomic E-state index is 8.01. The third kappa shape index (κ3) is 9.69. The number of ether oxygens (including phenoxy) is 8. The molecule has 10 rings (SSSR count). The van der Waals surface area contributed by atoms with Crippen molar-refractivity contribution in [1.82, 2.24) is 0 Å². The molecule has 8 nitrogen and oxygen atoms in total. The van der Waals surface area contributed by atoms with Gasteiger partial charge in [-0.3, -0.25) is 0 Å². The zero-order valence-corrected chi connectivity index (χ0v) is 50.8. The Morgan fingerprint density at radius 2 is 0.707 bits per heavy atom. The van der Waals surface area contributed by atoms with E-state index in [1.165, 1.54) is 51.4 Å². The average molecular weight is 1050 g/mol. The first-order chi connectivity index (χ1) is 36.0. The van der Waals surface area contributed by atoms with Crippen molar-refractivity contribution in [2.45, 2.75) is 384 Å². The fraction of sp³-hybridized carbons (Fsp3) is 1.00. The Morgan fingerprint density at radius 1 is 0.320 bits per heavy atom. The quantitative estimate of drug-likeness (QED) is 0.238. The van der Waals surface area contributed by atoms with E-state index in [9.17, 15) is 0 Å². The van der Waals surface area contributed by atoms with Gasteiger partial charge in [-0.05, 0) is 222 Å². The van der Waals surface area contributed by atoms with E-state index in [1.807, 2.05) is 0 Å². The van der Waals surface area contributed by atoms with E-state index in [4.69, 9.17) is 37.9 Å². The van der Waals surface area contributed by atoms with Crippen molar-refractivity contribution < 1.29 is 37.9 Å². The number of hydrogen-bond acceptors (Lipinski definition) is 8. The first kappa shape index (κ1) is 57.9. The zero-order chi connectivity index (χ0) is 53.2. The van der Waals surface area contributed by atoms with Crippen LogP contribution in [0.25, 0.3) is 0 Å². The Balaban J connectivity index is 0.880. The molecule has 6 aliphatic carbocycles. The van der Waals surface area contributed by atoms with E-state index < -0.39 is 0 Å². The van der Waals surface area contributed by atoms with Gasteiger partial charge in [-0.2, -0.15) is 0 Å². The number of hydrogen-bond donors (Lipinski definition) is 0. The van der Waals surface area contributed by atoms with Crippen LogP contribution in [0.15, 0.2) is 0 Å². The lowest BCUT2D eigenvalue weighted by Gasteiger charge is -2.68. The molecule has 6 saturated carbocycles. The van der Waals surface area contributed by atoms with Crippen LogP contribution in [0.2, 0.25) is 0 Å². The van der Waals surface area contributed by atoms with Crippen molar-refractivity contribution in [1.29, 1.82) is 0 Å². The molecule has 75 heavy (non-hydrogen) atoms. The molecule has 0 aromatic rings. The molecule has 8 heteroatoms. The third-order valence-corrected chi connectivity index (χ3v) is 26.5. The van der Waals surface area contributed by atoms with E-state index in [-0.39, 0.29) is 94.6 Å². The summed E-state index contributed by atoms with van der Waals surface area (Å²) in [7, 11) is 0. The molecule has 0 aromatic carbocycles. The summed E-state index contributed by atoms with van der Waals surface area (Å²) >= 11 is 0. The van der Waals surface area contributed by atoms with Gasteiger partial charge in [0.1, 0.15) is 11.2 Å². The van der Waals surface area contributed by atoms with Crippen molar-refractivity contribution in [3.05, 3.63) is 0 Å². The molecular weight excluding hydrogens is 933 g/mol. The molecule has 4 saturated heterocycles. The van der Waals surface area contributed by atoms with Crippen molar-refractivity contribution in [2.75, 3.05) is 0 Å². The summed E-state index contributed by atoms with van der Waals surface area (Å²) in [6.45, 7) is 31.7. The Hall–Kier alpha value is -0.320. The molecule has 0 spiro atoms. The van der Waals surface area contributed by atoms with Crippen LogP contribution in [0.4, 0.5) is 0 Å². The minimum absolute atomic E-state index is 0.108. The van der Waals surface area contributed by atoms with Gasteiger partial charge in [0.15, 0.2) is 0 Å². The molecule has 21 unspecified atom stereocenters. The highest BCUT2D eigenvalue weighted by atomic mass is 16.6. The molecular formula is C67H116O8. The van der Waals surface area contributed by atoms with Gasteiger partial charge in [-0.15, -0.1) is 0 Å². The lowest BCUT2D eigenvalue weighted by molar-refractivity contribution is -0.234. The van der Waals surface area contributed by atoms with Crippen LogP contribution in [0, 0.1) is 40.4 Å². The Bertz CT molecular complexity index is 1880. The van der Waals surface area contributed by atoms with Gasteiger partial charge in [0.2, 0.25) is 0 Å². The minimum Gasteiger partial charge on any atom is -0.371 e.